The molecule has 0 atom stereocenters. The Morgan fingerprint density at radius 2 is 2.00 bits per heavy atom. The molecule has 0 saturated heterocycles. The molecule has 0 bridgehead atoms. The maximum absolute atomic E-state index is 11.6. The summed E-state index contributed by atoms with van der Waals surface area (Å²) in [4.78, 5) is 11.6. The molecule has 1 aromatic carbocycles. The molecule has 2 N–H and O–H groups in total. The highest BCUT2D eigenvalue weighted by molar-refractivity contribution is 14.1. The average Bonchev–Trinajstić information content (AvgIpc) is 2.89. The van der Waals surface area contributed by atoms with Gasteiger partial charge in [-0.05, 0) is 59.0 Å². The number of anilines is 1. The normalized spacial score (nSPS) is 10.1. The number of carbonyl (C=O) groups excluding carboxylic acids is 1. The SMILES string of the molecule is O=C(CNc1ccc(I)cc1)NCc1ccco1. The van der Waals surface area contributed by atoms with Crippen molar-refractivity contribution in [2.24, 2.45) is 0 Å². The van der Waals surface area contributed by atoms with Crippen molar-refractivity contribution >= 4 is 34.2 Å². The summed E-state index contributed by atoms with van der Waals surface area (Å²) in [6.45, 7) is 0.668. The molecule has 1 amide bonds. The third kappa shape index (κ3) is 4.06. The monoisotopic (exact) mass is 356 g/mol. The molecule has 18 heavy (non-hydrogen) atoms. The third-order valence-corrected chi connectivity index (χ3v) is 3.06. The smallest absolute Gasteiger partial charge is 0.239 e. The van der Waals surface area contributed by atoms with E-state index in [9.17, 15) is 4.79 Å². The molecule has 0 aliphatic rings. The largest absolute Gasteiger partial charge is 0.467 e. The van der Waals surface area contributed by atoms with Crippen LogP contribution in [0.5, 0.6) is 0 Å². The van der Waals surface area contributed by atoms with Crippen LogP contribution in [0.2, 0.25) is 0 Å². The van der Waals surface area contributed by atoms with Crippen molar-refractivity contribution in [1.82, 2.24) is 5.32 Å². The van der Waals surface area contributed by atoms with E-state index in [2.05, 4.69) is 33.2 Å². The summed E-state index contributed by atoms with van der Waals surface area (Å²) < 4.78 is 6.29. The topological polar surface area (TPSA) is 54.3 Å². The second-order valence-corrected chi connectivity index (χ2v) is 4.96. The summed E-state index contributed by atoms with van der Waals surface area (Å²) in [5, 5.41) is 5.83. The molecule has 0 saturated carbocycles. The molecule has 2 rings (SSSR count). The Bertz CT molecular complexity index is 494. The average molecular weight is 356 g/mol. The van der Waals surface area contributed by atoms with Crippen molar-refractivity contribution in [3.05, 3.63) is 52.0 Å². The highest BCUT2D eigenvalue weighted by Crippen LogP contribution is 2.10. The van der Waals surface area contributed by atoms with Gasteiger partial charge < -0.3 is 15.1 Å². The van der Waals surface area contributed by atoms with Gasteiger partial charge in [0.05, 0.1) is 19.4 Å². The van der Waals surface area contributed by atoms with E-state index in [1.807, 2.05) is 30.3 Å². The van der Waals surface area contributed by atoms with E-state index in [1.54, 1.807) is 12.3 Å². The van der Waals surface area contributed by atoms with Crippen LogP contribution in [-0.4, -0.2) is 12.5 Å². The van der Waals surface area contributed by atoms with E-state index in [4.69, 9.17) is 4.42 Å². The Labute approximate surface area is 119 Å². The van der Waals surface area contributed by atoms with Crippen LogP contribution in [0.15, 0.2) is 47.1 Å². The van der Waals surface area contributed by atoms with Crippen LogP contribution in [0.25, 0.3) is 0 Å². The lowest BCUT2D eigenvalue weighted by atomic mass is 10.3. The minimum Gasteiger partial charge on any atom is -0.467 e. The zero-order valence-corrected chi connectivity index (χ0v) is 11.8. The van der Waals surface area contributed by atoms with Crippen molar-refractivity contribution in [1.29, 1.82) is 0 Å². The number of furan rings is 1. The zero-order valence-electron chi connectivity index (χ0n) is 9.65. The lowest BCUT2D eigenvalue weighted by Crippen LogP contribution is -2.29. The molecule has 0 unspecified atom stereocenters. The molecule has 2 aromatic rings. The lowest BCUT2D eigenvalue weighted by molar-refractivity contribution is -0.119. The fraction of sp³-hybridized carbons (Fsp3) is 0.154. The molecular weight excluding hydrogens is 343 g/mol. The maximum atomic E-state index is 11.6. The van der Waals surface area contributed by atoms with Crippen LogP contribution >= 0.6 is 22.6 Å². The van der Waals surface area contributed by atoms with Gasteiger partial charge in [0.1, 0.15) is 5.76 Å². The van der Waals surface area contributed by atoms with Gasteiger partial charge in [-0.1, -0.05) is 0 Å². The van der Waals surface area contributed by atoms with E-state index in [-0.39, 0.29) is 12.5 Å². The molecule has 0 aliphatic heterocycles. The van der Waals surface area contributed by atoms with Crippen molar-refractivity contribution in [3.8, 4) is 0 Å². The summed E-state index contributed by atoms with van der Waals surface area (Å²) in [5.41, 5.74) is 0.934. The quantitative estimate of drug-likeness (QED) is 0.810. The van der Waals surface area contributed by atoms with Crippen molar-refractivity contribution < 1.29 is 9.21 Å². The van der Waals surface area contributed by atoms with Gasteiger partial charge in [0.15, 0.2) is 0 Å². The van der Waals surface area contributed by atoms with Crippen molar-refractivity contribution in [3.63, 3.8) is 0 Å². The van der Waals surface area contributed by atoms with E-state index in [0.29, 0.717) is 6.54 Å². The molecule has 0 spiro atoms. The van der Waals surface area contributed by atoms with Gasteiger partial charge in [-0.25, -0.2) is 0 Å². The summed E-state index contributed by atoms with van der Waals surface area (Å²) >= 11 is 2.24. The van der Waals surface area contributed by atoms with E-state index < -0.39 is 0 Å². The first kappa shape index (κ1) is 12.9. The van der Waals surface area contributed by atoms with Gasteiger partial charge in [0.2, 0.25) is 5.91 Å². The summed E-state index contributed by atoms with van der Waals surface area (Å²) in [5.74, 6) is 0.683. The second kappa shape index (κ2) is 6.44. The highest BCUT2D eigenvalue weighted by atomic mass is 127. The molecule has 0 aliphatic carbocycles. The molecule has 4 nitrogen and oxygen atoms in total. The Hall–Kier alpha value is -1.50. The van der Waals surface area contributed by atoms with Crippen LogP contribution in [-0.2, 0) is 11.3 Å². The molecule has 5 heteroatoms. The molecule has 0 radical (unpaired) electrons. The standard InChI is InChI=1S/C13H13IN2O2/c14-10-3-5-11(6-4-10)15-9-13(17)16-8-12-2-1-7-18-12/h1-7,15H,8-9H2,(H,16,17). The van der Waals surface area contributed by atoms with Crippen LogP contribution in [0.1, 0.15) is 5.76 Å². The van der Waals surface area contributed by atoms with Crippen LogP contribution in [0.4, 0.5) is 5.69 Å². The number of hydrogen-bond donors (Lipinski definition) is 2. The van der Waals surface area contributed by atoms with Gasteiger partial charge in [0, 0.05) is 9.26 Å². The maximum Gasteiger partial charge on any atom is 0.239 e. The number of amides is 1. The first-order chi connectivity index (χ1) is 8.74. The van der Waals surface area contributed by atoms with Gasteiger partial charge >= 0.3 is 0 Å². The van der Waals surface area contributed by atoms with E-state index >= 15 is 0 Å². The fourth-order valence-electron chi connectivity index (χ4n) is 1.41. The minimum atomic E-state index is -0.0649. The Morgan fingerprint density at radius 1 is 1.22 bits per heavy atom. The molecule has 0 fully saturated rings. The predicted molar refractivity (Wildman–Crippen MR) is 78.2 cm³/mol. The summed E-state index contributed by atoms with van der Waals surface area (Å²) in [6.07, 6.45) is 1.59. The second-order valence-electron chi connectivity index (χ2n) is 3.72. The first-order valence-electron chi connectivity index (χ1n) is 5.52. The predicted octanol–water partition coefficient (Wildman–Crippen LogP) is 2.61. The lowest BCUT2D eigenvalue weighted by Gasteiger charge is -2.06. The highest BCUT2D eigenvalue weighted by Gasteiger charge is 2.02. The third-order valence-electron chi connectivity index (χ3n) is 2.34. The van der Waals surface area contributed by atoms with Crippen LogP contribution < -0.4 is 10.6 Å². The number of rotatable bonds is 5. The number of nitrogens with one attached hydrogen (secondary N) is 2. The Kier molecular flexibility index (Phi) is 4.63. The number of carbonyl (C=O) groups is 1. The van der Waals surface area contributed by atoms with Gasteiger partial charge in [0.25, 0.3) is 0 Å². The number of benzene rings is 1. The van der Waals surface area contributed by atoms with Gasteiger partial charge in [-0.3, -0.25) is 4.79 Å². The van der Waals surface area contributed by atoms with E-state index in [1.165, 1.54) is 3.57 Å². The minimum absolute atomic E-state index is 0.0649. The molecule has 1 heterocycles. The number of halogens is 1. The molecule has 1 aromatic heterocycles. The Balaban J connectivity index is 1.73. The summed E-state index contributed by atoms with van der Waals surface area (Å²) in [6, 6.07) is 11.5. The Morgan fingerprint density at radius 3 is 2.67 bits per heavy atom. The van der Waals surface area contributed by atoms with Crippen LogP contribution in [0, 0.1) is 3.57 Å². The summed E-state index contributed by atoms with van der Waals surface area (Å²) in [7, 11) is 0. The van der Waals surface area contributed by atoms with Gasteiger partial charge in [-0.15, -0.1) is 0 Å². The van der Waals surface area contributed by atoms with Crippen LogP contribution in [0.3, 0.4) is 0 Å². The molecular formula is C13H13IN2O2. The molecule has 94 valence electrons. The first-order valence-corrected chi connectivity index (χ1v) is 6.60. The fourth-order valence-corrected chi connectivity index (χ4v) is 1.77. The van der Waals surface area contributed by atoms with Crippen molar-refractivity contribution in [2.45, 2.75) is 6.54 Å². The van der Waals surface area contributed by atoms with Crippen molar-refractivity contribution in [2.75, 3.05) is 11.9 Å². The van der Waals surface area contributed by atoms with Gasteiger partial charge in [-0.2, -0.15) is 0 Å². The zero-order chi connectivity index (χ0) is 12.8. The van der Waals surface area contributed by atoms with E-state index in [0.717, 1.165) is 11.4 Å². The number of hydrogen-bond acceptors (Lipinski definition) is 3.